The van der Waals surface area contributed by atoms with Crippen molar-refractivity contribution in [2.75, 3.05) is 25.7 Å². The van der Waals surface area contributed by atoms with Crippen molar-refractivity contribution in [3.05, 3.63) is 12.1 Å². The van der Waals surface area contributed by atoms with E-state index in [1.807, 2.05) is 0 Å². The summed E-state index contributed by atoms with van der Waals surface area (Å²) in [5, 5.41) is 0.687. The standard InChI is InChI=1S/C10H12N4O2.ClH/c1-15-7-3-5-6(4-8(7)16-2)13-10(12)14-9(5)11;/h3-4H,1-2H3,(H4,11,12,13,14);1H. The molecular weight excluding hydrogens is 244 g/mol. The third kappa shape index (κ3) is 2.26. The number of hydrogen-bond acceptors (Lipinski definition) is 6. The molecule has 1 aromatic carbocycles. The lowest BCUT2D eigenvalue weighted by atomic mass is 10.2. The highest BCUT2D eigenvalue weighted by Crippen LogP contribution is 2.33. The number of nitrogens with zero attached hydrogens (tertiary/aromatic N) is 2. The van der Waals surface area contributed by atoms with Crippen LogP contribution in [-0.2, 0) is 0 Å². The number of methoxy groups -OCH3 is 2. The fourth-order valence-electron chi connectivity index (χ4n) is 1.50. The highest BCUT2D eigenvalue weighted by molar-refractivity contribution is 5.91. The number of rotatable bonds is 2. The van der Waals surface area contributed by atoms with Crippen molar-refractivity contribution in [3.63, 3.8) is 0 Å². The normalized spacial score (nSPS) is 9.76. The zero-order chi connectivity index (χ0) is 11.7. The van der Waals surface area contributed by atoms with Gasteiger partial charge in [0, 0.05) is 11.5 Å². The molecule has 0 fully saturated rings. The number of halogens is 1. The van der Waals surface area contributed by atoms with Gasteiger partial charge >= 0.3 is 0 Å². The molecule has 0 bridgehead atoms. The number of benzene rings is 1. The van der Waals surface area contributed by atoms with Crippen LogP contribution in [0.4, 0.5) is 11.8 Å². The van der Waals surface area contributed by atoms with E-state index in [9.17, 15) is 0 Å². The smallest absolute Gasteiger partial charge is 0.222 e. The van der Waals surface area contributed by atoms with Crippen LogP contribution in [0.2, 0.25) is 0 Å². The van der Waals surface area contributed by atoms with E-state index in [2.05, 4.69) is 9.97 Å². The van der Waals surface area contributed by atoms with Crippen LogP contribution in [-0.4, -0.2) is 24.2 Å². The van der Waals surface area contributed by atoms with Gasteiger partial charge in [0.1, 0.15) is 5.82 Å². The number of ether oxygens (including phenoxy) is 2. The summed E-state index contributed by atoms with van der Waals surface area (Å²) in [7, 11) is 3.11. The van der Waals surface area contributed by atoms with Gasteiger partial charge in [-0.3, -0.25) is 0 Å². The van der Waals surface area contributed by atoms with Crippen molar-refractivity contribution in [3.8, 4) is 11.5 Å². The highest BCUT2D eigenvalue weighted by Gasteiger charge is 2.10. The van der Waals surface area contributed by atoms with Gasteiger partial charge < -0.3 is 20.9 Å². The van der Waals surface area contributed by atoms with Gasteiger partial charge in [-0.1, -0.05) is 0 Å². The second-order valence-corrected chi connectivity index (χ2v) is 3.19. The molecule has 4 N–H and O–H groups in total. The predicted molar refractivity (Wildman–Crippen MR) is 68.7 cm³/mol. The molecular formula is C10H13ClN4O2. The Labute approximate surface area is 104 Å². The molecule has 2 aromatic rings. The van der Waals surface area contributed by atoms with Gasteiger partial charge in [-0.05, 0) is 6.07 Å². The van der Waals surface area contributed by atoms with Crippen LogP contribution in [0, 0.1) is 0 Å². The topological polar surface area (TPSA) is 96.3 Å². The maximum Gasteiger partial charge on any atom is 0.222 e. The lowest BCUT2D eigenvalue weighted by Crippen LogP contribution is -2.01. The van der Waals surface area contributed by atoms with Gasteiger partial charge in [-0.25, -0.2) is 4.98 Å². The number of anilines is 2. The molecule has 0 spiro atoms. The molecule has 92 valence electrons. The molecule has 0 aliphatic heterocycles. The number of fused-ring (bicyclic) bond motifs is 1. The van der Waals surface area contributed by atoms with E-state index in [4.69, 9.17) is 20.9 Å². The molecule has 6 nitrogen and oxygen atoms in total. The van der Waals surface area contributed by atoms with E-state index < -0.39 is 0 Å². The van der Waals surface area contributed by atoms with E-state index in [-0.39, 0.29) is 18.4 Å². The Balaban J connectivity index is 0.00000144. The molecule has 0 saturated heterocycles. The first-order valence-electron chi connectivity index (χ1n) is 4.60. The van der Waals surface area contributed by atoms with Crippen LogP contribution in [0.5, 0.6) is 11.5 Å². The van der Waals surface area contributed by atoms with Crippen molar-refractivity contribution >= 4 is 35.1 Å². The van der Waals surface area contributed by atoms with Gasteiger partial charge in [0.05, 0.1) is 19.7 Å². The maximum absolute atomic E-state index is 5.74. The van der Waals surface area contributed by atoms with Gasteiger partial charge in [0.15, 0.2) is 11.5 Å². The minimum atomic E-state index is 0. The Kier molecular flexibility index (Phi) is 3.80. The molecule has 1 heterocycles. The first-order chi connectivity index (χ1) is 7.65. The summed E-state index contributed by atoms with van der Waals surface area (Å²) in [6.45, 7) is 0. The Morgan fingerprint density at radius 2 is 1.59 bits per heavy atom. The van der Waals surface area contributed by atoms with Gasteiger partial charge in [-0.2, -0.15) is 4.98 Å². The summed E-state index contributed by atoms with van der Waals surface area (Å²) in [5.41, 5.74) is 11.9. The second-order valence-electron chi connectivity index (χ2n) is 3.19. The van der Waals surface area contributed by atoms with Gasteiger partial charge in [-0.15, -0.1) is 12.4 Å². The van der Waals surface area contributed by atoms with Gasteiger partial charge in [0.2, 0.25) is 5.95 Å². The first kappa shape index (κ1) is 13.1. The Morgan fingerprint density at radius 1 is 1.00 bits per heavy atom. The van der Waals surface area contributed by atoms with E-state index in [0.29, 0.717) is 28.2 Å². The second kappa shape index (κ2) is 4.92. The fourth-order valence-corrected chi connectivity index (χ4v) is 1.50. The average Bonchev–Trinajstić information content (AvgIpc) is 2.27. The molecule has 0 unspecified atom stereocenters. The average molecular weight is 257 g/mol. The summed E-state index contributed by atoms with van der Waals surface area (Å²) >= 11 is 0. The number of nitrogens with two attached hydrogens (primary N) is 2. The van der Waals surface area contributed by atoms with E-state index >= 15 is 0 Å². The van der Waals surface area contributed by atoms with Crippen LogP contribution in [0.3, 0.4) is 0 Å². The molecule has 7 heteroatoms. The summed E-state index contributed by atoms with van der Waals surface area (Å²) in [4.78, 5) is 7.95. The Morgan fingerprint density at radius 3 is 2.18 bits per heavy atom. The largest absolute Gasteiger partial charge is 0.493 e. The SMILES string of the molecule is COc1cc2nc(N)nc(N)c2cc1OC.Cl. The lowest BCUT2D eigenvalue weighted by Gasteiger charge is -2.09. The summed E-state index contributed by atoms with van der Waals surface area (Å²) in [5.74, 6) is 1.61. The highest BCUT2D eigenvalue weighted by atomic mass is 35.5. The number of aromatic nitrogens is 2. The molecule has 1 aromatic heterocycles. The molecule has 0 amide bonds. The summed E-state index contributed by atoms with van der Waals surface area (Å²) < 4.78 is 10.3. The van der Waals surface area contributed by atoms with E-state index in [1.165, 1.54) is 0 Å². The van der Waals surface area contributed by atoms with Crippen molar-refractivity contribution in [1.82, 2.24) is 9.97 Å². The van der Waals surface area contributed by atoms with Crippen molar-refractivity contribution < 1.29 is 9.47 Å². The minimum Gasteiger partial charge on any atom is -0.493 e. The first-order valence-corrected chi connectivity index (χ1v) is 4.60. The zero-order valence-corrected chi connectivity index (χ0v) is 10.2. The van der Waals surface area contributed by atoms with Crippen molar-refractivity contribution in [2.24, 2.45) is 0 Å². The van der Waals surface area contributed by atoms with E-state index in [0.717, 1.165) is 0 Å². The quantitative estimate of drug-likeness (QED) is 0.839. The lowest BCUT2D eigenvalue weighted by molar-refractivity contribution is 0.356. The third-order valence-electron chi connectivity index (χ3n) is 2.25. The molecule has 0 atom stereocenters. The maximum atomic E-state index is 5.74. The van der Waals surface area contributed by atoms with Crippen LogP contribution in [0.15, 0.2) is 12.1 Å². The monoisotopic (exact) mass is 256 g/mol. The Bertz CT molecular complexity index is 547. The van der Waals surface area contributed by atoms with Crippen molar-refractivity contribution in [1.29, 1.82) is 0 Å². The third-order valence-corrected chi connectivity index (χ3v) is 2.25. The molecule has 0 saturated carbocycles. The number of nitrogen functional groups attached to an aromatic ring is 2. The number of hydrogen-bond donors (Lipinski definition) is 2. The van der Waals surface area contributed by atoms with E-state index in [1.54, 1.807) is 26.4 Å². The van der Waals surface area contributed by atoms with Crippen LogP contribution in [0.25, 0.3) is 10.9 Å². The molecule has 2 rings (SSSR count). The molecule has 17 heavy (non-hydrogen) atoms. The fraction of sp³-hybridized carbons (Fsp3) is 0.200. The minimum absolute atomic E-state index is 0. The predicted octanol–water partition coefficient (Wildman–Crippen LogP) is 1.23. The van der Waals surface area contributed by atoms with Crippen molar-refractivity contribution in [2.45, 2.75) is 0 Å². The summed E-state index contributed by atoms with van der Waals surface area (Å²) in [6.07, 6.45) is 0. The molecule has 0 radical (unpaired) electrons. The zero-order valence-electron chi connectivity index (χ0n) is 9.43. The van der Waals surface area contributed by atoms with Crippen LogP contribution >= 0.6 is 12.4 Å². The Hall–Kier alpha value is -1.95. The molecule has 0 aliphatic carbocycles. The summed E-state index contributed by atoms with van der Waals surface area (Å²) in [6, 6.07) is 3.44. The van der Waals surface area contributed by atoms with Gasteiger partial charge in [0.25, 0.3) is 0 Å². The van der Waals surface area contributed by atoms with Crippen LogP contribution in [0.1, 0.15) is 0 Å². The van der Waals surface area contributed by atoms with Crippen LogP contribution < -0.4 is 20.9 Å². The molecule has 0 aliphatic rings.